The number of hydrogen-bond donors (Lipinski definition) is 3. The number of hydrogen-bond acceptors (Lipinski definition) is 4. The van der Waals surface area contributed by atoms with E-state index in [1.165, 1.54) is 0 Å². The Morgan fingerprint density at radius 1 is 0.920 bits per heavy atom. The fraction of sp³-hybridized carbons (Fsp3) is 0. The number of carbonyl (C=O) groups excluding carboxylic acids is 1. The van der Waals surface area contributed by atoms with Crippen LogP contribution in [0, 0.1) is 0 Å². The zero-order valence-corrected chi connectivity index (χ0v) is 14.7. The summed E-state index contributed by atoms with van der Waals surface area (Å²) in [7, 11) is 0. The fourth-order valence-electron chi connectivity index (χ4n) is 2.00. The highest BCUT2D eigenvalue weighted by Crippen LogP contribution is 2.23. The largest absolute Gasteiger partial charge is 0.457 e. The van der Waals surface area contributed by atoms with E-state index in [2.05, 4.69) is 37.1 Å². The number of rotatable bonds is 5. The highest BCUT2D eigenvalue weighted by atomic mass is 79.9. The second-order valence-electron chi connectivity index (χ2n) is 5.02. The van der Waals surface area contributed by atoms with Crippen molar-refractivity contribution in [3.63, 3.8) is 0 Å². The second-order valence-corrected chi connectivity index (χ2v) is 5.94. The molecule has 0 aliphatic carbocycles. The first-order chi connectivity index (χ1) is 12.2. The van der Waals surface area contributed by atoms with Crippen molar-refractivity contribution in [1.82, 2.24) is 10.4 Å². The van der Waals surface area contributed by atoms with Gasteiger partial charge in [0.05, 0.1) is 5.69 Å². The van der Waals surface area contributed by atoms with Crippen molar-refractivity contribution < 1.29 is 9.53 Å². The van der Waals surface area contributed by atoms with E-state index in [1.54, 1.807) is 42.7 Å². The van der Waals surface area contributed by atoms with E-state index in [4.69, 9.17) is 4.74 Å². The number of anilines is 2. The van der Waals surface area contributed by atoms with Crippen molar-refractivity contribution in [3.05, 3.63) is 77.5 Å². The minimum Gasteiger partial charge on any atom is -0.457 e. The molecule has 3 N–H and O–H groups in total. The van der Waals surface area contributed by atoms with Crippen LogP contribution in [0.5, 0.6) is 11.5 Å². The first-order valence-corrected chi connectivity index (χ1v) is 8.25. The number of aromatic nitrogens is 1. The molecule has 0 saturated heterocycles. The van der Waals surface area contributed by atoms with E-state index in [1.807, 2.05) is 30.3 Å². The third kappa shape index (κ3) is 5.22. The highest BCUT2D eigenvalue weighted by Gasteiger charge is 2.03. The first kappa shape index (κ1) is 16.8. The molecule has 0 atom stereocenters. The molecule has 1 heterocycles. The van der Waals surface area contributed by atoms with Gasteiger partial charge in [0.2, 0.25) is 0 Å². The van der Waals surface area contributed by atoms with E-state index >= 15 is 0 Å². The van der Waals surface area contributed by atoms with Crippen LogP contribution >= 0.6 is 15.9 Å². The molecule has 0 unspecified atom stereocenters. The van der Waals surface area contributed by atoms with Crippen molar-refractivity contribution >= 4 is 33.3 Å². The van der Waals surface area contributed by atoms with Crippen molar-refractivity contribution in [2.24, 2.45) is 0 Å². The number of hydrazine groups is 1. The molecule has 0 fully saturated rings. The second kappa shape index (κ2) is 8.16. The number of amides is 2. The predicted octanol–water partition coefficient (Wildman–Crippen LogP) is 4.79. The van der Waals surface area contributed by atoms with Gasteiger partial charge in [-0.25, -0.2) is 4.79 Å². The number of urea groups is 1. The van der Waals surface area contributed by atoms with Gasteiger partial charge in [0.25, 0.3) is 0 Å². The molecule has 25 heavy (non-hydrogen) atoms. The van der Waals surface area contributed by atoms with Crippen LogP contribution in [-0.4, -0.2) is 11.0 Å². The summed E-state index contributed by atoms with van der Waals surface area (Å²) >= 11 is 3.35. The first-order valence-electron chi connectivity index (χ1n) is 7.45. The number of halogens is 1. The Morgan fingerprint density at radius 2 is 1.68 bits per heavy atom. The molecule has 0 saturated carbocycles. The van der Waals surface area contributed by atoms with Gasteiger partial charge in [0.1, 0.15) is 11.5 Å². The highest BCUT2D eigenvalue weighted by molar-refractivity contribution is 9.10. The van der Waals surface area contributed by atoms with Crippen LogP contribution < -0.4 is 20.9 Å². The molecule has 3 rings (SSSR count). The van der Waals surface area contributed by atoms with Crippen LogP contribution in [0.15, 0.2) is 77.5 Å². The van der Waals surface area contributed by atoms with Gasteiger partial charge < -0.3 is 10.1 Å². The molecule has 126 valence electrons. The molecule has 0 spiro atoms. The number of nitrogens with zero attached hydrogens (tertiary/aromatic N) is 1. The molecule has 0 aliphatic heterocycles. The average Bonchev–Trinajstić information content (AvgIpc) is 2.63. The number of pyridine rings is 1. The maximum atomic E-state index is 11.9. The van der Waals surface area contributed by atoms with Gasteiger partial charge in [-0.15, -0.1) is 0 Å². The topological polar surface area (TPSA) is 75.3 Å². The van der Waals surface area contributed by atoms with Gasteiger partial charge in [-0.05, 0) is 48.5 Å². The van der Waals surface area contributed by atoms with Gasteiger partial charge in [-0.2, -0.15) is 0 Å². The molecule has 2 aromatic carbocycles. The molecule has 1 aromatic heterocycles. The normalized spacial score (nSPS) is 9.96. The number of benzene rings is 2. The molecule has 0 radical (unpaired) electrons. The molecule has 7 heteroatoms. The Morgan fingerprint density at radius 3 is 2.44 bits per heavy atom. The number of ether oxygens (including phenoxy) is 1. The van der Waals surface area contributed by atoms with Crippen LogP contribution in [0.3, 0.4) is 0 Å². The lowest BCUT2D eigenvalue weighted by molar-refractivity contribution is 0.254. The van der Waals surface area contributed by atoms with Gasteiger partial charge in [-0.3, -0.25) is 15.8 Å². The Labute approximate surface area is 153 Å². The van der Waals surface area contributed by atoms with E-state index in [0.29, 0.717) is 22.9 Å². The Bertz CT molecular complexity index is 841. The maximum absolute atomic E-state index is 11.9. The summed E-state index contributed by atoms with van der Waals surface area (Å²) in [6.07, 6.45) is 3.32. The third-order valence-corrected chi connectivity index (χ3v) is 3.67. The van der Waals surface area contributed by atoms with Crippen LogP contribution in [0.2, 0.25) is 0 Å². The molecule has 3 aromatic rings. The van der Waals surface area contributed by atoms with Crippen LogP contribution in [-0.2, 0) is 0 Å². The zero-order valence-electron chi connectivity index (χ0n) is 13.1. The van der Waals surface area contributed by atoms with E-state index in [-0.39, 0.29) is 6.03 Å². The lowest BCUT2D eigenvalue weighted by Gasteiger charge is -2.11. The van der Waals surface area contributed by atoms with Crippen molar-refractivity contribution in [3.8, 4) is 11.5 Å². The van der Waals surface area contributed by atoms with E-state index in [0.717, 1.165) is 4.47 Å². The maximum Gasteiger partial charge on any atom is 0.337 e. The Balaban J connectivity index is 1.55. The van der Waals surface area contributed by atoms with Crippen LogP contribution in [0.25, 0.3) is 0 Å². The summed E-state index contributed by atoms with van der Waals surface area (Å²) in [4.78, 5) is 15.9. The molecule has 2 amide bonds. The molecule has 0 bridgehead atoms. The minimum absolute atomic E-state index is 0.372. The summed E-state index contributed by atoms with van der Waals surface area (Å²) in [5.41, 5.74) is 6.80. The average molecular weight is 399 g/mol. The Hall–Kier alpha value is -3.06. The fourth-order valence-corrected chi connectivity index (χ4v) is 2.27. The lowest BCUT2D eigenvalue weighted by atomic mass is 10.3. The van der Waals surface area contributed by atoms with Crippen LogP contribution in [0.4, 0.5) is 16.2 Å². The lowest BCUT2D eigenvalue weighted by Crippen LogP contribution is -2.33. The summed E-state index contributed by atoms with van der Waals surface area (Å²) in [6, 6.07) is 17.7. The standard InChI is InChI=1S/C18H15BrN4O2/c19-13-4-6-14(7-5-13)21-18(24)23-22-15-2-1-3-17(12-15)25-16-8-10-20-11-9-16/h1-12,22H,(H2,21,23,24). The minimum atomic E-state index is -0.372. The van der Waals surface area contributed by atoms with Gasteiger partial charge >= 0.3 is 6.03 Å². The summed E-state index contributed by atoms with van der Waals surface area (Å²) in [5, 5.41) is 2.72. The molecular weight excluding hydrogens is 384 g/mol. The van der Waals surface area contributed by atoms with Gasteiger partial charge in [0, 0.05) is 28.6 Å². The molecule has 6 nitrogen and oxygen atoms in total. The molecule has 0 aliphatic rings. The van der Waals surface area contributed by atoms with E-state index in [9.17, 15) is 4.79 Å². The monoisotopic (exact) mass is 398 g/mol. The summed E-state index contributed by atoms with van der Waals surface area (Å²) < 4.78 is 6.67. The quantitative estimate of drug-likeness (QED) is 0.540. The summed E-state index contributed by atoms with van der Waals surface area (Å²) in [5.74, 6) is 1.33. The summed E-state index contributed by atoms with van der Waals surface area (Å²) in [6.45, 7) is 0. The smallest absolute Gasteiger partial charge is 0.337 e. The Kier molecular flexibility index (Phi) is 5.48. The SMILES string of the molecule is O=C(NNc1cccc(Oc2ccncc2)c1)Nc1ccc(Br)cc1. The van der Waals surface area contributed by atoms with Crippen molar-refractivity contribution in [1.29, 1.82) is 0 Å². The van der Waals surface area contributed by atoms with Crippen molar-refractivity contribution in [2.75, 3.05) is 10.7 Å². The number of carbonyl (C=O) groups is 1. The van der Waals surface area contributed by atoms with E-state index < -0.39 is 0 Å². The zero-order chi connectivity index (χ0) is 17.5. The van der Waals surface area contributed by atoms with Gasteiger partial charge in [-0.1, -0.05) is 22.0 Å². The van der Waals surface area contributed by atoms with Gasteiger partial charge in [0.15, 0.2) is 0 Å². The van der Waals surface area contributed by atoms with Crippen LogP contribution in [0.1, 0.15) is 0 Å². The molecular formula is C18H15BrN4O2. The number of nitrogens with one attached hydrogen (secondary N) is 3. The third-order valence-electron chi connectivity index (χ3n) is 3.14. The van der Waals surface area contributed by atoms with Crippen molar-refractivity contribution in [2.45, 2.75) is 0 Å². The predicted molar refractivity (Wildman–Crippen MR) is 101 cm³/mol.